The van der Waals surface area contributed by atoms with E-state index in [2.05, 4.69) is 11.7 Å². The lowest BCUT2D eigenvalue weighted by molar-refractivity contribution is -0.384. The van der Waals surface area contributed by atoms with Crippen LogP contribution in [0.1, 0.15) is 18.2 Å². The van der Waals surface area contributed by atoms with Crippen molar-refractivity contribution < 1.29 is 4.92 Å². The molecule has 0 aliphatic heterocycles. The molecule has 0 saturated heterocycles. The second-order valence-electron chi connectivity index (χ2n) is 4.31. The summed E-state index contributed by atoms with van der Waals surface area (Å²) in [6.45, 7) is 7.27. The molecule has 1 aromatic carbocycles. The summed E-state index contributed by atoms with van der Waals surface area (Å²) in [5.74, 6) is 0. The van der Waals surface area contributed by atoms with E-state index in [9.17, 15) is 14.9 Å². The van der Waals surface area contributed by atoms with Crippen LogP contribution in [0, 0.1) is 17.0 Å². The summed E-state index contributed by atoms with van der Waals surface area (Å²) in [6.07, 6.45) is 0. The van der Waals surface area contributed by atoms with E-state index in [0.717, 1.165) is 0 Å². The van der Waals surface area contributed by atoms with Crippen molar-refractivity contribution in [2.75, 3.05) is 0 Å². The monoisotopic (exact) mass is 259 g/mol. The van der Waals surface area contributed by atoms with Crippen LogP contribution in [0.2, 0.25) is 0 Å². The summed E-state index contributed by atoms with van der Waals surface area (Å²) in [6, 6.07) is 5.90. The van der Waals surface area contributed by atoms with Crippen molar-refractivity contribution in [3.8, 4) is 5.69 Å². The highest BCUT2D eigenvalue weighted by Crippen LogP contribution is 2.17. The zero-order chi connectivity index (χ0) is 14.2. The molecule has 0 unspecified atom stereocenters. The fraction of sp³-hybridized carbons (Fsp3) is 0.154. The predicted octanol–water partition coefficient (Wildman–Crippen LogP) is 2.42. The number of allylic oxidation sites excluding steroid dienone is 1. The Kier molecular flexibility index (Phi) is 3.08. The summed E-state index contributed by atoms with van der Waals surface area (Å²) >= 11 is 0. The SMILES string of the molecule is C=C(C)c1c(C)[nH]n(-c2cccc([N+](=O)[O-])c2)c1=O. The molecule has 1 heterocycles. The number of H-pyrrole nitrogens is 1. The van der Waals surface area contributed by atoms with E-state index in [0.29, 0.717) is 22.5 Å². The molecule has 2 aromatic rings. The number of nitrogens with zero attached hydrogens (tertiary/aromatic N) is 2. The third-order valence-corrected chi connectivity index (χ3v) is 2.80. The van der Waals surface area contributed by atoms with Crippen LogP contribution in [0.25, 0.3) is 11.3 Å². The maximum absolute atomic E-state index is 12.2. The second kappa shape index (κ2) is 4.56. The van der Waals surface area contributed by atoms with Crippen LogP contribution in [0.15, 0.2) is 35.6 Å². The Balaban J connectivity index is 2.63. The van der Waals surface area contributed by atoms with E-state index in [4.69, 9.17) is 0 Å². The van der Waals surface area contributed by atoms with Crippen molar-refractivity contribution in [3.63, 3.8) is 0 Å². The molecule has 98 valence electrons. The van der Waals surface area contributed by atoms with E-state index in [1.165, 1.54) is 22.9 Å². The summed E-state index contributed by atoms with van der Waals surface area (Å²) < 4.78 is 1.28. The van der Waals surface area contributed by atoms with Crippen molar-refractivity contribution in [3.05, 3.63) is 62.6 Å². The molecule has 0 atom stereocenters. The van der Waals surface area contributed by atoms with Gasteiger partial charge in [-0.05, 0) is 25.5 Å². The van der Waals surface area contributed by atoms with E-state index in [1.807, 2.05) is 0 Å². The van der Waals surface area contributed by atoms with Gasteiger partial charge in [0.25, 0.3) is 11.2 Å². The molecule has 0 spiro atoms. The minimum absolute atomic E-state index is 0.0615. The fourth-order valence-corrected chi connectivity index (χ4v) is 1.98. The summed E-state index contributed by atoms with van der Waals surface area (Å²) in [5, 5.41) is 13.6. The van der Waals surface area contributed by atoms with Crippen molar-refractivity contribution >= 4 is 11.3 Å². The Morgan fingerprint density at radius 3 is 2.68 bits per heavy atom. The summed E-state index contributed by atoms with van der Waals surface area (Å²) in [5.41, 5.74) is 1.95. The normalized spacial score (nSPS) is 10.4. The van der Waals surface area contributed by atoms with Crippen LogP contribution < -0.4 is 5.56 Å². The van der Waals surface area contributed by atoms with Crippen LogP contribution in [0.5, 0.6) is 0 Å². The zero-order valence-corrected chi connectivity index (χ0v) is 10.6. The fourth-order valence-electron chi connectivity index (χ4n) is 1.98. The van der Waals surface area contributed by atoms with Gasteiger partial charge in [0.15, 0.2) is 0 Å². The first-order valence-corrected chi connectivity index (χ1v) is 5.64. The van der Waals surface area contributed by atoms with Gasteiger partial charge in [-0.2, -0.15) is 0 Å². The summed E-state index contributed by atoms with van der Waals surface area (Å²) in [7, 11) is 0. The Morgan fingerprint density at radius 2 is 2.16 bits per heavy atom. The number of rotatable bonds is 3. The number of nitro benzene ring substituents is 1. The highest BCUT2D eigenvalue weighted by molar-refractivity contribution is 5.63. The molecule has 0 saturated carbocycles. The molecular weight excluding hydrogens is 246 g/mol. The van der Waals surface area contributed by atoms with Crippen LogP contribution in [0.3, 0.4) is 0 Å². The number of hydrogen-bond donors (Lipinski definition) is 1. The predicted molar refractivity (Wildman–Crippen MR) is 72.5 cm³/mol. The van der Waals surface area contributed by atoms with Crippen LogP contribution in [0.4, 0.5) is 5.69 Å². The maximum Gasteiger partial charge on any atom is 0.278 e. The van der Waals surface area contributed by atoms with Gasteiger partial charge < -0.3 is 0 Å². The Morgan fingerprint density at radius 1 is 1.47 bits per heavy atom. The Labute approximate surface area is 109 Å². The first-order valence-electron chi connectivity index (χ1n) is 5.64. The minimum Gasteiger partial charge on any atom is -0.295 e. The standard InChI is InChI=1S/C13H13N3O3/c1-8(2)12-9(3)14-15(13(12)17)10-5-4-6-11(7-10)16(18)19/h4-7,14H,1H2,2-3H3. The molecule has 2 rings (SSSR count). The molecule has 0 amide bonds. The lowest BCUT2D eigenvalue weighted by Crippen LogP contribution is -2.16. The lowest BCUT2D eigenvalue weighted by Gasteiger charge is -2.00. The van der Waals surface area contributed by atoms with Crippen LogP contribution in [-0.2, 0) is 0 Å². The summed E-state index contributed by atoms with van der Waals surface area (Å²) in [4.78, 5) is 22.5. The quantitative estimate of drug-likeness (QED) is 0.678. The molecule has 0 fully saturated rings. The highest BCUT2D eigenvalue weighted by Gasteiger charge is 2.14. The van der Waals surface area contributed by atoms with Crippen molar-refractivity contribution in [2.45, 2.75) is 13.8 Å². The van der Waals surface area contributed by atoms with Gasteiger partial charge in [-0.15, -0.1) is 0 Å². The average Bonchev–Trinajstić information content (AvgIpc) is 2.65. The first kappa shape index (κ1) is 12.8. The lowest BCUT2D eigenvalue weighted by atomic mass is 10.1. The van der Waals surface area contributed by atoms with Crippen molar-refractivity contribution in [2.24, 2.45) is 0 Å². The number of aromatic amines is 1. The molecular formula is C13H13N3O3. The minimum atomic E-state index is -0.496. The van der Waals surface area contributed by atoms with E-state index < -0.39 is 4.92 Å². The zero-order valence-electron chi connectivity index (χ0n) is 10.6. The molecule has 0 aliphatic carbocycles. The van der Waals surface area contributed by atoms with Gasteiger partial charge in [-0.3, -0.25) is 20.0 Å². The molecule has 0 radical (unpaired) electrons. The van der Waals surface area contributed by atoms with E-state index in [1.54, 1.807) is 19.9 Å². The Hall–Kier alpha value is -2.63. The number of aryl methyl sites for hydroxylation is 1. The molecule has 1 N–H and O–H groups in total. The van der Waals surface area contributed by atoms with Gasteiger partial charge in [-0.1, -0.05) is 12.6 Å². The van der Waals surface area contributed by atoms with Gasteiger partial charge in [-0.25, -0.2) is 4.68 Å². The largest absolute Gasteiger partial charge is 0.295 e. The molecule has 1 aromatic heterocycles. The van der Waals surface area contributed by atoms with Crippen molar-refractivity contribution in [1.29, 1.82) is 0 Å². The van der Waals surface area contributed by atoms with E-state index in [-0.39, 0.29) is 11.2 Å². The maximum atomic E-state index is 12.2. The number of aromatic nitrogens is 2. The molecule has 6 nitrogen and oxygen atoms in total. The second-order valence-corrected chi connectivity index (χ2v) is 4.31. The third kappa shape index (κ3) is 2.20. The van der Waals surface area contributed by atoms with Gasteiger partial charge in [0, 0.05) is 17.8 Å². The number of non-ortho nitro benzene ring substituents is 1. The van der Waals surface area contributed by atoms with Crippen LogP contribution >= 0.6 is 0 Å². The highest BCUT2D eigenvalue weighted by atomic mass is 16.6. The first-order chi connectivity index (χ1) is 8.91. The Bertz CT molecular complexity index is 725. The van der Waals surface area contributed by atoms with Gasteiger partial charge >= 0.3 is 0 Å². The smallest absolute Gasteiger partial charge is 0.278 e. The average molecular weight is 259 g/mol. The molecule has 19 heavy (non-hydrogen) atoms. The van der Waals surface area contributed by atoms with Crippen LogP contribution in [-0.4, -0.2) is 14.7 Å². The van der Waals surface area contributed by atoms with Gasteiger partial charge in [0.2, 0.25) is 0 Å². The number of hydrogen-bond acceptors (Lipinski definition) is 3. The molecule has 6 heteroatoms. The molecule has 0 bridgehead atoms. The van der Waals surface area contributed by atoms with Gasteiger partial charge in [0.1, 0.15) is 0 Å². The number of nitrogens with one attached hydrogen (secondary N) is 1. The number of benzene rings is 1. The third-order valence-electron chi connectivity index (χ3n) is 2.80. The topological polar surface area (TPSA) is 80.9 Å². The van der Waals surface area contributed by atoms with Gasteiger partial charge in [0.05, 0.1) is 16.2 Å². The molecule has 0 aliphatic rings. The van der Waals surface area contributed by atoms with E-state index >= 15 is 0 Å². The number of nitro groups is 1. The van der Waals surface area contributed by atoms with Crippen molar-refractivity contribution in [1.82, 2.24) is 9.78 Å².